The van der Waals surface area contributed by atoms with Crippen LogP contribution in [0.5, 0.6) is 0 Å². The molecular formula is C9H14F3N3S. The first-order valence-electron chi connectivity index (χ1n) is 4.79. The normalized spacial score (nSPS) is 11.9. The van der Waals surface area contributed by atoms with Gasteiger partial charge in [-0.2, -0.15) is 13.2 Å². The lowest BCUT2D eigenvalue weighted by Gasteiger charge is -2.22. The Labute approximate surface area is 96.1 Å². The van der Waals surface area contributed by atoms with Gasteiger partial charge in [-0.15, -0.1) is 11.3 Å². The number of thiazole rings is 1. The fourth-order valence-corrected chi connectivity index (χ4v) is 2.14. The summed E-state index contributed by atoms with van der Waals surface area (Å²) in [4.78, 5) is 6.20. The Kier molecular flexibility index (Phi) is 4.15. The number of hydrogen-bond donors (Lipinski definition) is 1. The topological polar surface area (TPSA) is 42.2 Å². The lowest BCUT2D eigenvalue weighted by Crippen LogP contribution is -2.37. The Hall–Kier alpha value is -0.820. The number of nitrogens with zero attached hydrogens (tertiary/aromatic N) is 2. The summed E-state index contributed by atoms with van der Waals surface area (Å²) in [5, 5.41) is 0.387. The number of halogens is 3. The maximum Gasteiger partial charge on any atom is 0.406 e. The Balaban J connectivity index is 2.85. The highest BCUT2D eigenvalue weighted by molar-refractivity contribution is 7.15. The third-order valence-electron chi connectivity index (χ3n) is 2.06. The van der Waals surface area contributed by atoms with Crippen LogP contribution < -0.4 is 10.6 Å². The second-order valence-electron chi connectivity index (χ2n) is 3.46. The van der Waals surface area contributed by atoms with E-state index in [0.29, 0.717) is 5.13 Å². The summed E-state index contributed by atoms with van der Waals surface area (Å²) in [6.07, 6.45) is -4.23. The van der Waals surface area contributed by atoms with Crippen molar-refractivity contribution in [3.05, 3.63) is 10.6 Å². The Morgan fingerprint density at radius 2 is 2.00 bits per heavy atom. The van der Waals surface area contributed by atoms with Gasteiger partial charge in [-0.05, 0) is 13.8 Å². The molecule has 0 bridgehead atoms. The quantitative estimate of drug-likeness (QED) is 0.893. The maximum absolute atomic E-state index is 12.3. The maximum atomic E-state index is 12.3. The average Bonchev–Trinajstić information content (AvgIpc) is 2.44. The summed E-state index contributed by atoms with van der Waals surface area (Å²) in [7, 11) is 0. The SMILES string of the molecule is Cc1nc(N(CCN)CC(F)(F)F)sc1C. The van der Waals surface area contributed by atoms with Crippen LogP contribution in [0.25, 0.3) is 0 Å². The van der Waals surface area contributed by atoms with E-state index in [-0.39, 0.29) is 13.1 Å². The van der Waals surface area contributed by atoms with Crippen molar-refractivity contribution in [2.45, 2.75) is 20.0 Å². The molecule has 1 aromatic rings. The first-order chi connectivity index (χ1) is 7.33. The van der Waals surface area contributed by atoms with Crippen molar-refractivity contribution in [2.24, 2.45) is 5.73 Å². The number of anilines is 1. The zero-order valence-electron chi connectivity index (χ0n) is 9.14. The van der Waals surface area contributed by atoms with Gasteiger partial charge in [0.05, 0.1) is 5.69 Å². The zero-order chi connectivity index (χ0) is 12.3. The largest absolute Gasteiger partial charge is 0.406 e. The Morgan fingerprint density at radius 1 is 1.38 bits per heavy atom. The number of hydrogen-bond acceptors (Lipinski definition) is 4. The van der Waals surface area contributed by atoms with Gasteiger partial charge < -0.3 is 10.6 Å². The van der Waals surface area contributed by atoms with Crippen LogP contribution in [0.1, 0.15) is 10.6 Å². The van der Waals surface area contributed by atoms with E-state index >= 15 is 0 Å². The fraction of sp³-hybridized carbons (Fsp3) is 0.667. The minimum absolute atomic E-state index is 0.159. The van der Waals surface area contributed by atoms with Gasteiger partial charge in [0, 0.05) is 18.0 Å². The first-order valence-corrected chi connectivity index (χ1v) is 5.61. The summed E-state index contributed by atoms with van der Waals surface area (Å²) < 4.78 is 36.9. The van der Waals surface area contributed by atoms with E-state index in [1.54, 1.807) is 6.92 Å². The summed E-state index contributed by atoms with van der Waals surface area (Å²) in [5.74, 6) is 0. The lowest BCUT2D eigenvalue weighted by molar-refractivity contribution is -0.119. The van der Waals surface area contributed by atoms with Gasteiger partial charge in [-0.25, -0.2) is 4.98 Å². The van der Waals surface area contributed by atoms with Gasteiger partial charge in [0.2, 0.25) is 0 Å². The molecule has 1 heterocycles. The van der Waals surface area contributed by atoms with E-state index in [2.05, 4.69) is 4.98 Å². The Morgan fingerprint density at radius 3 is 2.38 bits per heavy atom. The minimum Gasteiger partial charge on any atom is -0.338 e. The number of rotatable bonds is 4. The molecular weight excluding hydrogens is 239 g/mol. The van der Waals surface area contributed by atoms with Crippen molar-refractivity contribution in [3.8, 4) is 0 Å². The van der Waals surface area contributed by atoms with E-state index in [9.17, 15) is 13.2 Å². The van der Waals surface area contributed by atoms with Crippen LogP contribution in [0.15, 0.2) is 0 Å². The third-order valence-corrected chi connectivity index (χ3v) is 3.19. The highest BCUT2D eigenvalue weighted by atomic mass is 32.1. The van der Waals surface area contributed by atoms with Crippen molar-refractivity contribution in [2.75, 3.05) is 24.5 Å². The number of aromatic nitrogens is 1. The molecule has 2 N–H and O–H groups in total. The van der Waals surface area contributed by atoms with Crippen LogP contribution in [0, 0.1) is 13.8 Å². The molecule has 0 fully saturated rings. The molecule has 0 saturated heterocycles. The van der Waals surface area contributed by atoms with Crippen molar-refractivity contribution in [1.82, 2.24) is 4.98 Å². The third kappa shape index (κ3) is 3.64. The van der Waals surface area contributed by atoms with Crippen molar-refractivity contribution in [1.29, 1.82) is 0 Å². The molecule has 0 saturated carbocycles. The number of nitrogens with two attached hydrogens (primary N) is 1. The molecule has 0 unspecified atom stereocenters. The summed E-state index contributed by atoms with van der Waals surface area (Å²) in [5.41, 5.74) is 6.07. The average molecular weight is 253 g/mol. The van der Waals surface area contributed by atoms with Crippen molar-refractivity contribution in [3.63, 3.8) is 0 Å². The summed E-state index contributed by atoms with van der Waals surface area (Å²) in [6.45, 7) is 2.95. The van der Waals surface area contributed by atoms with Crippen LogP contribution in [-0.4, -0.2) is 30.8 Å². The Bertz CT molecular complexity index is 329. The molecule has 0 amide bonds. The fourth-order valence-electron chi connectivity index (χ4n) is 1.21. The molecule has 0 aliphatic heterocycles. The first kappa shape index (κ1) is 13.2. The molecule has 0 aliphatic rings. The molecule has 0 spiro atoms. The van der Waals surface area contributed by atoms with Crippen molar-refractivity contribution < 1.29 is 13.2 Å². The molecule has 7 heteroatoms. The van der Waals surface area contributed by atoms with Gasteiger partial charge in [-0.1, -0.05) is 0 Å². The van der Waals surface area contributed by atoms with Gasteiger partial charge in [0.25, 0.3) is 0 Å². The minimum atomic E-state index is -4.23. The van der Waals surface area contributed by atoms with Gasteiger partial charge in [0.15, 0.2) is 5.13 Å². The highest BCUT2D eigenvalue weighted by Gasteiger charge is 2.31. The van der Waals surface area contributed by atoms with Crippen LogP contribution in [-0.2, 0) is 0 Å². The molecule has 1 rings (SSSR count). The number of aryl methyl sites for hydroxylation is 2. The molecule has 0 atom stereocenters. The van der Waals surface area contributed by atoms with Crippen LogP contribution in [0.2, 0.25) is 0 Å². The van der Waals surface area contributed by atoms with E-state index in [1.165, 1.54) is 16.2 Å². The molecule has 0 aliphatic carbocycles. The van der Waals surface area contributed by atoms with Crippen LogP contribution in [0.4, 0.5) is 18.3 Å². The molecule has 0 radical (unpaired) electrons. The smallest absolute Gasteiger partial charge is 0.338 e. The van der Waals surface area contributed by atoms with Crippen LogP contribution in [0.3, 0.4) is 0 Å². The molecule has 0 aromatic carbocycles. The summed E-state index contributed by atoms with van der Waals surface area (Å²) in [6, 6.07) is 0. The summed E-state index contributed by atoms with van der Waals surface area (Å²) >= 11 is 1.26. The van der Waals surface area contributed by atoms with Gasteiger partial charge >= 0.3 is 6.18 Å². The van der Waals surface area contributed by atoms with E-state index < -0.39 is 12.7 Å². The predicted molar refractivity (Wildman–Crippen MR) is 58.9 cm³/mol. The molecule has 1 aromatic heterocycles. The monoisotopic (exact) mass is 253 g/mol. The standard InChI is InChI=1S/C9H14F3N3S/c1-6-7(2)16-8(14-6)15(4-3-13)5-9(10,11)12/h3-5,13H2,1-2H3. The molecule has 92 valence electrons. The number of alkyl halides is 3. The van der Waals surface area contributed by atoms with E-state index in [0.717, 1.165) is 10.6 Å². The van der Waals surface area contributed by atoms with Gasteiger partial charge in [0.1, 0.15) is 6.54 Å². The van der Waals surface area contributed by atoms with E-state index in [4.69, 9.17) is 5.73 Å². The van der Waals surface area contributed by atoms with Crippen molar-refractivity contribution >= 4 is 16.5 Å². The van der Waals surface area contributed by atoms with Crippen LogP contribution >= 0.6 is 11.3 Å². The lowest BCUT2D eigenvalue weighted by atomic mass is 10.4. The second kappa shape index (κ2) is 5.01. The predicted octanol–water partition coefficient (Wildman–Crippen LogP) is 2.09. The molecule has 16 heavy (non-hydrogen) atoms. The van der Waals surface area contributed by atoms with Gasteiger partial charge in [-0.3, -0.25) is 0 Å². The second-order valence-corrected chi connectivity index (χ2v) is 4.65. The molecule has 3 nitrogen and oxygen atoms in total. The van der Waals surface area contributed by atoms with E-state index in [1.807, 2.05) is 6.92 Å². The zero-order valence-corrected chi connectivity index (χ0v) is 9.95. The highest BCUT2D eigenvalue weighted by Crippen LogP contribution is 2.27.